The summed E-state index contributed by atoms with van der Waals surface area (Å²) in [5.74, 6) is -0.172. The minimum atomic E-state index is -0.598. The molecule has 0 spiro atoms. The monoisotopic (exact) mass is 306 g/mol. The van der Waals surface area contributed by atoms with Crippen LogP contribution in [0.25, 0.3) is 0 Å². The zero-order valence-corrected chi connectivity index (χ0v) is 12.8. The Morgan fingerprint density at radius 1 is 1.32 bits per heavy atom. The second-order valence-corrected chi connectivity index (χ2v) is 5.91. The van der Waals surface area contributed by atoms with E-state index in [1.54, 1.807) is 26.8 Å². The van der Waals surface area contributed by atoms with Gasteiger partial charge in [-0.2, -0.15) is 0 Å². The third-order valence-electron chi connectivity index (χ3n) is 3.01. The molecule has 1 fully saturated rings. The van der Waals surface area contributed by atoms with Gasteiger partial charge in [-0.15, -0.1) is 4.91 Å². The number of aromatic nitrogens is 1. The first-order valence-corrected chi connectivity index (χ1v) is 6.88. The van der Waals surface area contributed by atoms with Crippen LogP contribution in [0.15, 0.2) is 23.5 Å². The number of hydrogen-bond donors (Lipinski definition) is 0. The molecule has 22 heavy (non-hydrogen) atoms. The number of rotatable bonds is 2. The summed E-state index contributed by atoms with van der Waals surface area (Å²) in [7, 11) is 0. The number of ether oxygens (including phenoxy) is 1. The number of piperazine rings is 1. The average Bonchev–Trinajstić information content (AvgIpc) is 2.45. The van der Waals surface area contributed by atoms with E-state index >= 15 is 0 Å². The lowest BCUT2D eigenvalue weighted by atomic mass is 10.2. The van der Waals surface area contributed by atoms with Gasteiger partial charge in [0.05, 0.1) is 11.9 Å². The largest absolute Gasteiger partial charge is 0.444 e. The molecule has 0 N–H and O–H groups in total. The zero-order chi connectivity index (χ0) is 16.3. The number of carbonyl (C=O) groups excluding carboxylic acids is 2. The van der Waals surface area contributed by atoms with Crippen molar-refractivity contribution in [1.82, 2.24) is 9.88 Å². The first-order chi connectivity index (χ1) is 10.3. The van der Waals surface area contributed by atoms with E-state index in [9.17, 15) is 14.5 Å². The molecule has 0 atom stereocenters. The molecule has 0 saturated carbocycles. The van der Waals surface area contributed by atoms with Crippen molar-refractivity contribution in [1.29, 1.82) is 0 Å². The summed E-state index contributed by atoms with van der Waals surface area (Å²) in [4.78, 5) is 41.2. The molecule has 8 heteroatoms. The summed E-state index contributed by atoms with van der Waals surface area (Å²) >= 11 is 0. The number of anilines is 1. The Bertz CT molecular complexity index is 580. The van der Waals surface area contributed by atoms with Gasteiger partial charge in [0.15, 0.2) is 5.82 Å². The Labute approximate surface area is 128 Å². The Balaban J connectivity index is 2.02. The molecule has 0 aliphatic carbocycles. The molecule has 0 radical (unpaired) electrons. The molecule has 118 valence electrons. The first kappa shape index (κ1) is 15.9. The van der Waals surface area contributed by atoms with E-state index < -0.39 is 11.7 Å². The maximum absolute atomic E-state index is 12.2. The van der Waals surface area contributed by atoms with Crippen molar-refractivity contribution in [3.05, 3.63) is 23.2 Å². The Kier molecular flexibility index (Phi) is 4.39. The van der Waals surface area contributed by atoms with Crippen LogP contribution in [0.1, 0.15) is 20.8 Å². The number of pyridine rings is 1. The fraction of sp³-hybridized carbons (Fsp3) is 0.500. The predicted octanol–water partition coefficient (Wildman–Crippen LogP) is 2.06. The molecule has 2 amide bonds. The second kappa shape index (κ2) is 6.08. The highest BCUT2D eigenvalue weighted by molar-refractivity contribution is 5.97. The van der Waals surface area contributed by atoms with Gasteiger partial charge in [-0.05, 0) is 38.1 Å². The quantitative estimate of drug-likeness (QED) is 0.780. The van der Waals surface area contributed by atoms with Crippen molar-refractivity contribution in [3.8, 4) is 0 Å². The Morgan fingerprint density at radius 3 is 2.55 bits per heavy atom. The summed E-state index contributed by atoms with van der Waals surface area (Å²) in [6.45, 7) is 5.98. The molecule has 1 aromatic heterocycles. The van der Waals surface area contributed by atoms with Crippen molar-refractivity contribution in [2.75, 3.05) is 24.5 Å². The fourth-order valence-corrected chi connectivity index (χ4v) is 2.02. The second-order valence-electron chi connectivity index (χ2n) is 5.91. The summed E-state index contributed by atoms with van der Waals surface area (Å²) in [6, 6.07) is 3.04. The van der Waals surface area contributed by atoms with Crippen molar-refractivity contribution in [2.45, 2.75) is 26.4 Å². The third kappa shape index (κ3) is 3.78. The van der Waals surface area contributed by atoms with E-state index in [4.69, 9.17) is 4.74 Å². The van der Waals surface area contributed by atoms with E-state index in [2.05, 4.69) is 10.2 Å². The number of carbonyl (C=O) groups is 2. The number of nitroso groups, excluding NO2 is 1. The van der Waals surface area contributed by atoms with E-state index in [1.165, 1.54) is 22.1 Å². The highest BCUT2D eigenvalue weighted by atomic mass is 16.6. The Hall–Kier alpha value is -2.51. The molecule has 1 saturated heterocycles. The van der Waals surface area contributed by atoms with Gasteiger partial charge in [-0.25, -0.2) is 9.78 Å². The highest BCUT2D eigenvalue weighted by Crippen LogP contribution is 2.20. The molecular formula is C14H18N4O4. The molecule has 0 unspecified atom stereocenters. The van der Waals surface area contributed by atoms with Crippen LogP contribution in [0.2, 0.25) is 0 Å². The summed E-state index contributed by atoms with van der Waals surface area (Å²) in [6.07, 6.45) is 0.914. The predicted molar refractivity (Wildman–Crippen MR) is 79.9 cm³/mol. The highest BCUT2D eigenvalue weighted by Gasteiger charge is 2.30. The molecule has 1 aliphatic rings. The fourth-order valence-electron chi connectivity index (χ4n) is 2.02. The average molecular weight is 306 g/mol. The SMILES string of the molecule is CC(C)(C)OC(=O)N1CCN(c2ccc(N=O)nc2)C(=O)C1. The van der Waals surface area contributed by atoms with Crippen LogP contribution in [-0.4, -0.2) is 47.1 Å². The van der Waals surface area contributed by atoms with E-state index in [-0.39, 0.29) is 18.3 Å². The molecule has 1 aromatic rings. The number of amides is 2. The number of nitrogens with zero attached hydrogens (tertiary/aromatic N) is 4. The number of hydrogen-bond acceptors (Lipinski definition) is 6. The van der Waals surface area contributed by atoms with Gasteiger partial charge in [-0.3, -0.25) is 9.69 Å². The molecular weight excluding hydrogens is 288 g/mol. The van der Waals surface area contributed by atoms with Gasteiger partial charge in [0.25, 0.3) is 0 Å². The lowest BCUT2D eigenvalue weighted by molar-refractivity contribution is -0.121. The third-order valence-corrected chi connectivity index (χ3v) is 3.01. The molecule has 2 heterocycles. The molecule has 2 rings (SSSR count). The summed E-state index contributed by atoms with van der Waals surface area (Å²) < 4.78 is 5.25. The maximum Gasteiger partial charge on any atom is 0.410 e. The van der Waals surface area contributed by atoms with Gasteiger partial charge in [0.2, 0.25) is 5.91 Å². The van der Waals surface area contributed by atoms with Gasteiger partial charge in [0, 0.05) is 13.1 Å². The summed E-state index contributed by atoms with van der Waals surface area (Å²) in [5.41, 5.74) is -0.0278. The zero-order valence-electron chi connectivity index (χ0n) is 12.8. The van der Waals surface area contributed by atoms with Crippen molar-refractivity contribution < 1.29 is 14.3 Å². The standard InChI is InChI=1S/C14H18N4O4/c1-14(2,3)22-13(20)17-6-7-18(12(19)9-17)10-4-5-11(16-21)15-8-10/h4-5,8H,6-7,9H2,1-3H3. The molecule has 0 aromatic carbocycles. The van der Waals surface area contributed by atoms with Gasteiger partial charge >= 0.3 is 6.09 Å². The first-order valence-electron chi connectivity index (χ1n) is 6.88. The maximum atomic E-state index is 12.2. The Morgan fingerprint density at radius 2 is 2.05 bits per heavy atom. The topological polar surface area (TPSA) is 92.2 Å². The van der Waals surface area contributed by atoms with E-state index in [1.807, 2.05) is 0 Å². The van der Waals surface area contributed by atoms with Crippen LogP contribution in [0.4, 0.5) is 16.3 Å². The van der Waals surface area contributed by atoms with E-state index in [0.717, 1.165) is 0 Å². The van der Waals surface area contributed by atoms with Gasteiger partial charge in [-0.1, -0.05) is 0 Å². The molecule has 1 aliphatic heterocycles. The van der Waals surface area contributed by atoms with E-state index in [0.29, 0.717) is 18.8 Å². The minimum absolute atomic E-state index is 0.0530. The van der Waals surface area contributed by atoms with Crippen molar-refractivity contribution in [3.63, 3.8) is 0 Å². The van der Waals surface area contributed by atoms with Crippen LogP contribution in [0.5, 0.6) is 0 Å². The van der Waals surface area contributed by atoms with Crippen molar-refractivity contribution in [2.24, 2.45) is 5.18 Å². The van der Waals surface area contributed by atoms with Crippen LogP contribution < -0.4 is 4.90 Å². The lowest BCUT2D eigenvalue weighted by Gasteiger charge is -2.35. The smallest absolute Gasteiger partial charge is 0.410 e. The lowest BCUT2D eigenvalue weighted by Crippen LogP contribution is -2.53. The van der Waals surface area contributed by atoms with Crippen LogP contribution in [-0.2, 0) is 9.53 Å². The van der Waals surface area contributed by atoms with Gasteiger partial charge in [0.1, 0.15) is 12.1 Å². The molecule has 0 bridgehead atoms. The normalized spacial score (nSPS) is 15.7. The summed E-state index contributed by atoms with van der Waals surface area (Å²) in [5, 5.41) is 2.71. The van der Waals surface area contributed by atoms with Crippen LogP contribution >= 0.6 is 0 Å². The van der Waals surface area contributed by atoms with Gasteiger partial charge < -0.3 is 9.64 Å². The van der Waals surface area contributed by atoms with Crippen LogP contribution in [0.3, 0.4) is 0 Å². The van der Waals surface area contributed by atoms with Crippen molar-refractivity contribution >= 4 is 23.5 Å². The molecule has 8 nitrogen and oxygen atoms in total. The minimum Gasteiger partial charge on any atom is -0.444 e. The van der Waals surface area contributed by atoms with Crippen LogP contribution in [0, 0.1) is 4.91 Å².